The van der Waals surface area contributed by atoms with E-state index in [0.29, 0.717) is 23.7 Å². The van der Waals surface area contributed by atoms with Crippen molar-refractivity contribution in [2.45, 2.75) is 39.4 Å². The van der Waals surface area contributed by atoms with Gasteiger partial charge in [0.1, 0.15) is 11.8 Å². The minimum Gasteiger partial charge on any atom is -0.495 e. The molecule has 3 aromatic rings. The first kappa shape index (κ1) is 28.9. The number of carbonyl (C=O) groups is 4. The summed E-state index contributed by atoms with van der Waals surface area (Å²) in [6.45, 7) is 3.59. The van der Waals surface area contributed by atoms with E-state index in [1.165, 1.54) is 18.7 Å². The highest BCUT2D eigenvalue weighted by molar-refractivity contribution is 6.01. The van der Waals surface area contributed by atoms with Crippen molar-refractivity contribution in [1.82, 2.24) is 20.4 Å². The zero-order valence-corrected chi connectivity index (χ0v) is 22.0. The van der Waals surface area contributed by atoms with Crippen LogP contribution in [-0.2, 0) is 33.9 Å². The number of Topliss-reactive ketones (excluding diaryl/α,β-unsaturated/α-hetero) is 1. The van der Waals surface area contributed by atoms with E-state index in [0.717, 1.165) is 16.7 Å². The Morgan fingerprint density at radius 3 is 2.49 bits per heavy atom. The molecular formula is C27H32N6O6. The van der Waals surface area contributed by atoms with Crippen molar-refractivity contribution in [3.05, 3.63) is 71.5 Å². The standard InChI is InChI=1S/C27H32N6O6/c1-17-6-4-5-7-22(17)31-27(38)32-23-9-8-19(11-25(23)39-3)10-21(35)14-28-12-20-13-29-33(15-20)16-24(26(36)37)30-18(2)34/h4-9,11,13,15,24,28H,10,12,14,16H2,1-3H3,(H,30,34)(H,36,37)(H2,31,32,38). The van der Waals surface area contributed by atoms with Crippen LogP contribution >= 0.6 is 0 Å². The zero-order valence-electron chi connectivity index (χ0n) is 22.0. The molecule has 1 aromatic heterocycles. The first-order valence-electron chi connectivity index (χ1n) is 12.2. The molecule has 0 aliphatic heterocycles. The van der Waals surface area contributed by atoms with Gasteiger partial charge in [0, 0.05) is 37.3 Å². The molecule has 5 N–H and O–H groups in total. The van der Waals surface area contributed by atoms with Crippen molar-refractivity contribution in [2.75, 3.05) is 24.3 Å². The molecule has 39 heavy (non-hydrogen) atoms. The number of amides is 3. The number of anilines is 2. The minimum absolute atomic E-state index is 0.0198. The summed E-state index contributed by atoms with van der Waals surface area (Å²) in [5.74, 6) is -1.22. The highest BCUT2D eigenvalue weighted by Gasteiger charge is 2.19. The second kappa shape index (κ2) is 13.7. The summed E-state index contributed by atoms with van der Waals surface area (Å²) in [6.07, 6.45) is 3.38. The summed E-state index contributed by atoms with van der Waals surface area (Å²) in [5.41, 5.74) is 3.60. The number of ketones is 1. The molecule has 0 spiro atoms. The van der Waals surface area contributed by atoms with Crippen LogP contribution in [0.1, 0.15) is 23.6 Å². The number of carbonyl (C=O) groups excluding carboxylic acids is 3. The Kier molecular flexibility index (Phi) is 10.2. The Morgan fingerprint density at radius 1 is 1.05 bits per heavy atom. The quantitative estimate of drug-likeness (QED) is 0.222. The summed E-state index contributed by atoms with van der Waals surface area (Å²) >= 11 is 0. The summed E-state index contributed by atoms with van der Waals surface area (Å²) in [6, 6.07) is 11.1. The van der Waals surface area contributed by atoms with E-state index < -0.39 is 23.9 Å². The molecule has 3 rings (SSSR count). The van der Waals surface area contributed by atoms with Crippen LogP contribution in [0.2, 0.25) is 0 Å². The number of nitrogens with one attached hydrogen (secondary N) is 4. The molecule has 1 atom stereocenters. The first-order chi connectivity index (χ1) is 18.6. The molecule has 0 aliphatic carbocycles. The largest absolute Gasteiger partial charge is 0.495 e. The number of aryl methyl sites for hydroxylation is 1. The van der Waals surface area contributed by atoms with Crippen molar-refractivity contribution in [3.8, 4) is 5.75 Å². The van der Waals surface area contributed by atoms with Gasteiger partial charge in [-0.25, -0.2) is 9.59 Å². The maximum atomic E-state index is 12.5. The van der Waals surface area contributed by atoms with Crippen molar-refractivity contribution in [2.24, 2.45) is 0 Å². The molecule has 0 saturated carbocycles. The Balaban J connectivity index is 1.48. The number of para-hydroxylation sites is 1. The average Bonchev–Trinajstić information content (AvgIpc) is 3.32. The first-order valence-corrected chi connectivity index (χ1v) is 12.2. The zero-order chi connectivity index (χ0) is 28.4. The molecule has 12 nitrogen and oxygen atoms in total. The highest BCUT2D eigenvalue weighted by Crippen LogP contribution is 2.26. The summed E-state index contributed by atoms with van der Waals surface area (Å²) in [7, 11) is 1.49. The van der Waals surface area contributed by atoms with Gasteiger partial charge >= 0.3 is 12.0 Å². The third-order valence-electron chi connectivity index (χ3n) is 5.69. The van der Waals surface area contributed by atoms with Crippen molar-refractivity contribution in [1.29, 1.82) is 0 Å². The summed E-state index contributed by atoms with van der Waals surface area (Å²) in [5, 5.41) is 24.3. The van der Waals surface area contributed by atoms with Crippen LogP contribution in [0.3, 0.4) is 0 Å². The van der Waals surface area contributed by atoms with Crippen molar-refractivity contribution in [3.63, 3.8) is 0 Å². The predicted octanol–water partition coefficient (Wildman–Crippen LogP) is 2.33. The number of urea groups is 1. The van der Waals surface area contributed by atoms with Crippen molar-refractivity contribution >= 4 is 35.1 Å². The van der Waals surface area contributed by atoms with E-state index in [1.54, 1.807) is 30.6 Å². The number of aromatic nitrogens is 2. The van der Waals surface area contributed by atoms with Gasteiger partial charge in [0.2, 0.25) is 5.91 Å². The third kappa shape index (κ3) is 8.97. The fourth-order valence-corrected chi connectivity index (χ4v) is 3.79. The van der Waals surface area contributed by atoms with E-state index in [9.17, 15) is 24.3 Å². The minimum atomic E-state index is -1.16. The molecular weight excluding hydrogens is 504 g/mol. The van der Waals surface area contributed by atoms with E-state index >= 15 is 0 Å². The summed E-state index contributed by atoms with van der Waals surface area (Å²) in [4.78, 5) is 47.4. The number of methoxy groups -OCH3 is 1. The monoisotopic (exact) mass is 536 g/mol. The number of ether oxygens (including phenoxy) is 1. The molecule has 12 heteroatoms. The van der Waals surface area contributed by atoms with Gasteiger partial charge in [0.25, 0.3) is 0 Å². The molecule has 2 aromatic carbocycles. The van der Waals surface area contributed by atoms with Gasteiger partial charge in [-0.2, -0.15) is 5.10 Å². The number of rotatable bonds is 13. The van der Waals surface area contributed by atoms with Gasteiger partial charge in [-0.1, -0.05) is 24.3 Å². The average molecular weight is 537 g/mol. The third-order valence-corrected chi connectivity index (χ3v) is 5.69. The molecule has 0 radical (unpaired) electrons. The maximum Gasteiger partial charge on any atom is 0.328 e. The van der Waals surface area contributed by atoms with Crippen LogP contribution < -0.4 is 26.0 Å². The van der Waals surface area contributed by atoms with E-state index in [2.05, 4.69) is 26.4 Å². The van der Waals surface area contributed by atoms with Gasteiger partial charge < -0.3 is 31.1 Å². The van der Waals surface area contributed by atoms with E-state index in [4.69, 9.17) is 4.74 Å². The van der Waals surface area contributed by atoms with E-state index in [-0.39, 0.29) is 25.3 Å². The van der Waals surface area contributed by atoms with Gasteiger partial charge in [-0.3, -0.25) is 14.3 Å². The maximum absolute atomic E-state index is 12.5. The highest BCUT2D eigenvalue weighted by atomic mass is 16.5. The fourth-order valence-electron chi connectivity index (χ4n) is 3.79. The van der Waals surface area contributed by atoms with Gasteiger partial charge in [0.15, 0.2) is 5.78 Å². The number of benzene rings is 2. The number of carboxylic acids is 1. The molecule has 1 heterocycles. The molecule has 206 valence electrons. The van der Waals surface area contributed by atoms with Gasteiger partial charge in [-0.05, 0) is 36.2 Å². The Morgan fingerprint density at radius 2 is 1.79 bits per heavy atom. The number of carboxylic acid groups (broad SMARTS) is 1. The fraction of sp³-hybridized carbons (Fsp3) is 0.296. The number of aliphatic carboxylic acids is 1. The molecule has 0 saturated heterocycles. The molecule has 0 aliphatic rings. The number of hydrogen-bond acceptors (Lipinski definition) is 7. The van der Waals surface area contributed by atoms with Crippen LogP contribution in [0.5, 0.6) is 5.75 Å². The summed E-state index contributed by atoms with van der Waals surface area (Å²) < 4.78 is 6.84. The lowest BCUT2D eigenvalue weighted by atomic mass is 10.1. The number of hydrogen-bond donors (Lipinski definition) is 5. The van der Waals surface area contributed by atoms with Crippen molar-refractivity contribution < 1.29 is 29.0 Å². The van der Waals surface area contributed by atoms with Crippen LogP contribution in [0.25, 0.3) is 0 Å². The van der Waals surface area contributed by atoms with E-state index in [1.807, 2.05) is 31.2 Å². The molecule has 0 fully saturated rings. The number of nitrogens with zero attached hydrogens (tertiary/aromatic N) is 2. The Hall–Kier alpha value is -4.71. The smallest absolute Gasteiger partial charge is 0.328 e. The van der Waals surface area contributed by atoms with Gasteiger partial charge in [-0.15, -0.1) is 0 Å². The van der Waals surface area contributed by atoms with Crippen LogP contribution in [0.4, 0.5) is 16.2 Å². The molecule has 0 bridgehead atoms. The normalized spacial score (nSPS) is 11.4. The second-order valence-corrected chi connectivity index (χ2v) is 8.91. The topological polar surface area (TPSA) is 164 Å². The van der Waals surface area contributed by atoms with Crippen LogP contribution in [-0.4, -0.2) is 58.3 Å². The lowest BCUT2D eigenvalue weighted by Crippen LogP contribution is -2.42. The lowest BCUT2D eigenvalue weighted by molar-refractivity contribution is -0.142. The Labute approximate surface area is 225 Å². The van der Waals surface area contributed by atoms with Gasteiger partial charge in [0.05, 0.1) is 32.1 Å². The van der Waals surface area contributed by atoms with Crippen LogP contribution in [0, 0.1) is 6.92 Å². The Bertz CT molecular complexity index is 1340. The molecule has 3 amide bonds. The predicted molar refractivity (Wildman–Crippen MR) is 145 cm³/mol. The second-order valence-electron chi connectivity index (χ2n) is 8.91. The van der Waals surface area contributed by atoms with Crippen LogP contribution in [0.15, 0.2) is 54.9 Å². The lowest BCUT2D eigenvalue weighted by Gasteiger charge is -2.13. The SMILES string of the molecule is COc1cc(CC(=O)CNCc2cnn(CC(NC(C)=O)C(=O)O)c2)ccc1NC(=O)Nc1ccccc1C. The molecule has 1 unspecified atom stereocenters.